The van der Waals surface area contributed by atoms with E-state index in [0.717, 1.165) is 0 Å². The summed E-state index contributed by atoms with van der Waals surface area (Å²) < 4.78 is 15.8. The first kappa shape index (κ1) is 19.6. The predicted octanol–water partition coefficient (Wildman–Crippen LogP) is 2.00. The number of nitrogens with one attached hydrogen (secondary N) is 2. The van der Waals surface area contributed by atoms with Crippen LogP contribution in [0.2, 0.25) is 0 Å². The second-order valence-electron chi connectivity index (χ2n) is 5.56. The van der Waals surface area contributed by atoms with Crippen LogP contribution in [0.25, 0.3) is 0 Å². The lowest BCUT2D eigenvalue weighted by Gasteiger charge is -2.28. The van der Waals surface area contributed by atoms with Crippen LogP contribution in [0.1, 0.15) is 32.4 Å². The summed E-state index contributed by atoms with van der Waals surface area (Å²) in [6.07, 6.45) is 0. The van der Waals surface area contributed by atoms with Crippen molar-refractivity contribution in [2.45, 2.75) is 26.8 Å². The van der Waals surface area contributed by atoms with Crippen LogP contribution in [-0.2, 0) is 14.3 Å². The maximum Gasteiger partial charge on any atom is 0.338 e. The first-order valence-electron chi connectivity index (χ1n) is 8.46. The molecule has 1 aromatic carbocycles. The van der Waals surface area contributed by atoms with Crippen LogP contribution in [0.4, 0.5) is 4.79 Å². The maximum absolute atomic E-state index is 12.5. The van der Waals surface area contributed by atoms with Gasteiger partial charge in [-0.05, 0) is 38.5 Å². The van der Waals surface area contributed by atoms with Gasteiger partial charge >= 0.3 is 12.0 Å². The van der Waals surface area contributed by atoms with Crippen molar-refractivity contribution in [1.29, 1.82) is 0 Å². The van der Waals surface area contributed by atoms with Crippen LogP contribution >= 0.6 is 0 Å². The van der Waals surface area contributed by atoms with E-state index in [1.165, 1.54) is 6.07 Å². The molecular weight excluding hydrogens is 340 g/mol. The van der Waals surface area contributed by atoms with Gasteiger partial charge in [-0.25, -0.2) is 9.59 Å². The minimum Gasteiger partial charge on any atom is -0.504 e. The average molecular weight is 364 g/mol. The van der Waals surface area contributed by atoms with E-state index in [9.17, 15) is 14.7 Å². The van der Waals surface area contributed by atoms with Crippen molar-refractivity contribution in [1.82, 2.24) is 10.6 Å². The Labute approximate surface area is 152 Å². The SMILES string of the molecule is CCOCCOC(=O)C1=C(C)NC(=O)N[C@@H]1c1ccc(O)c(OCC)c1. The standard InChI is InChI=1S/C18H24N2O6/c1-4-24-8-9-26-17(22)15-11(3)19-18(23)20-16(15)12-6-7-13(21)14(10-12)25-5-2/h6-7,10,16,21H,4-5,8-9H2,1-3H3,(H2,19,20,23)/t16-/m1/s1. The van der Waals surface area contributed by atoms with Gasteiger partial charge in [0.2, 0.25) is 0 Å². The molecular formula is C18H24N2O6. The number of amides is 2. The smallest absolute Gasteiger partial charge is 0.338 e. The van der Waals surface area contributed by atoms with Crippen molar-refractivity contribution in [3.8, 4) is 11.5 Å². The Morgan fingerprint density at radius 1 is 1.23 bits per heavy atom. The molecule has 8 heteroatoms. The fourth-order valence-electron chi connectivity index (χ4n) is 2.61. The number of carbonyl (C=O) groups excluding carboxylic acids is 2. The molecule has 2 amide bonds. The van der Waals surface area contributed by atoms with Crippen molar-refractivity contribution in [3.05, 3.63) is 35.0 Å². The molecule has 1 aliphatic heterocycles. The Balaban J connectivity index is 2.29. The molecule has 0 aromatic heterocycles. The van der Waals surface area contributed by atoms with Crippen molar-refractivity contribution in [3.63, 3.8) is 0 Å². The third kappa shape index (κ3) is 4.66. The van der Waals surface area contributed by atoms with Gasteiger partial charge in [-0.1, -0.05) is 6.07 Å². The second-order valence-corrected chi connectivity index (χ2v) is 5.56. The number of urea groups is 1. The lowest BCUT2D eigenvalue weighted by molar-refractivity contribution is -0.141. The molecule has 2 rings (SSSR count). The van der Waals surface area contributed by atoms with Crippen LogP contribution in [0, 0.1) is 0 Å². The largest absolute Gasteiger partial charge is 0.504 e. The molecule has 0 saturated heterocycles. The average Bonchev–Trinajstić information content (AvgIpc) is 2.60. The molecule has 3 N–H and O–H groups in total. The Morgan fingerprint density at radius 3 is 2.69 bits per heavy atom. The van der Waals surface area contributed by atoms with Gasteiger partial charge in [0.25, 0.3) is 0 Å². The second kappa shape index (κ2) is 9.10. The van der Waals surface area contributed by atoms with E-state index in [2.05, 4.69) is 10.6 Å². The number of esters is 1. The fourth-order valence-corrected chi connectivity index (χ4v) is 2.61. The van der Waals surface area contributed by atoms with Gasteiger partial charge in [0.15, 0.2) is 11.5 Å². The summed E-state index contributed by atoms with van der Waals surface area (Å²) >= 11 is 0. The highest BCUT2D eigenvalue weighted by molar-refractivity contribution is 5.95. The van der Waals surface area contributed by atoms with E-state index in [1.807, 2.05) is 6.92 Å². The zero-order valence-corrected chi connectivity index (χ0v) is 15.1. The van der Waals surface area contributed by atoms with Gasteiger partial charge < -0.3 is 30.0 Å². The molecule has 0 bridgehead atoms. The van der Waals surface area contributed by atoms with E-state index in [1.54, 1.807) is 26.0 Å². The third-order valence-electron chi connectivity index (χ3n) is 3.77. The lowest BCUT2D eigenvalue weighted by atomic mass is 9.95. The van der Waals surface area contributed by atoms with Gasteiger partial charge in [-0.3, -0.25) is 0 Å². The predicted molar refractivity (Wildman–Crippen MR) is 93.8 cm³/mol. The van der Waals surface area contributed by atoms with Crippen molar-refractivity contribution in [2.75, 3.05) is 26.4 Å². The van der Waals surface area contributed by atoms with E-state index in [0.29, 0.717) is 31.1 Å². The topological polar surface area (TPSA) is 106 Å². The molecule has 8 nitrogen and oxygen atoms in total. The van der Waals surface area contributed by atoms with Crippen molar-refractivity contribution < 1.29 is 28.9 Å². The fraction of sp³-hybridized carbons (Fsp3) is 0.444. The number of aromatic hydroxyl groups is 1. The number of ether oxygens (including phenoxy) is 3. The Kier molecular flexibility index (Phi) is 6.85. The van der Waals surface area contributed by atoms with Gasteiger partial charge in [-0.15, -0.1) is 0 Å². The number of allylic oxidation sites excluding steroid dienone is 1. The summed E-state index contributed by atoms with van der Waals surface area (Å²) in [5, 5.41) is 15.2. The zero-order valence-electron chi connectivity index (χ0n) is 15.1. The van der Waals surface area contributed by atoms with Crippen LogP contribution in [-0.4, -0.2) is 43.5 Å². The molecule has 0 fully saturated rings. The maximum atomic E-state index is 12.5. The minimum atomic E-state index is -0.719. The number of hydrogen-bond donors (Lipinski definition) is 3. The number of hydrogen-bond acceptors (Lipinski definition) is 6. The number of carbonyl (C=O) groups is 2. The molecule has 0 unspecified atom stereocenters. The number of phenols is 1. The first-order chi connectivity index (χ1) is 12.5. The molecule has 0 saturated carbocycles. The lowest BCUT2D eigenvalue weighted by Crippen LogP contribution is -2.45. The van der Waals surface area contributed by atoms with Gasteiger partial charge in [-0.2, -0.15) is 0 Å². The third-order valence-corrected chi connectivity index (χ3v) is 3.77. The molecule has 0 radical (unpaired) electrons. The molecule has 0 spiro atoms. The first-order valence-corrected chi connectivity index (χ1v) is 8.46. The van der Waals surface area contributed by atoms with Gasteiger partial charge in [0.05, 0.1) is 24.8 Å². The Morgan fingerprint density at radius 2 is 2.00 bits per heavy atom. The summed E-state index contributed by atoms with van der Waals surface area (Å²) in [6, 6.07) is 3.53. The summed E-state index contributed by atoms with van der Waals surface area (Å²) in [5.41, 5.74) is 1.29. The zero-order chi connectivity index (χ0) is 19.1. The number of benzene rings is 1. The summed E-state index contributed by atoms with van der Waals surface area (Å²) in [4.78, 5) is 24.4. The van der Waals surface area contributed by atoms with Crippen molar-refractivity contribution in [2.24, 2.45) is 0 Å². The van der Waals surface area contributed by atoms with Crippen LogP contribution in [0.3, 0.4) is 0 Å². The number of phenolic OH excluding ortho intramolecular Hbond substituents is 1. The molecule has 1 aromatic rings. The molecule has 1 aliphatic rings. The van der Waals surface area contributed by atoms with E-state index < -0.39 is 18.0 Å². The van der Waals surface area contributed by atoms with Crippen molar-refractivity contribution >= 4 is 12.0 Å². The summed E-state index contributed by atoms with van der Waals surface area (Å²) in [6.45, 7) is 6.60. The quantitative estimate of drug-likeness (QED) is 0.481. The Hall–Kier alpha value is -2.74. The van der Waals surface area contributed by atoms with Crippen LogP contribution in [0.15, 0.2) is 29.5 Å². The molecule has 1 heterocycles. The van der Waals surface area contributed by atoms with E-state index in [-0.39, 0.29) is 23.7 Å². The highest BCUT2D eigenvalue weighted by Crippen LogP contribution is 2.34. The van der Waals surface area contributed by atoms with E-state index in [4.69, 9.17) is 14.2 Å². The highest BCUT2D eigenvalue weighted by Gasteiger charge is 2.32. The van der Waals surface area contributed by atoms with Crippen LogP contribution < -0.4 is 15.4 Å². The molecule has 26 heavy (non-hydrogen) atoms. The summed E-state index contributed by atoms with van der Waals surface area (Å²) in [5.74, 6) is -0.289. The highest BCUT2D eigenvalue weighted by atomic mass is 16.6. The Bertz CT molecular complexity index is 701. The molecule has 142 valence electrons. The molecule has 1 atom stereocenters. The number of rotatable bonds is 8. The van der Waals surface area contributed by atoms with Gasteiger partial charge in [0.1, 0.15) is 6.61 Å². The van der Waals surface area contributed by atoms with Gasteiger partial charge in [0, 0.05) is 12.3 Å². The normalized spacial score (nSPS) is 16.7. The minimum absolute atomic E-state index is 0.0163. The van der Waals surface area contributed by atoms with Crippen LogP contribution in [0.5, 0.6) is 11.5 Å². The molecule has 0 aliphatic carbocycles. The summed E-state index contributed by atoms with van der Waals surface area (Å²) in [7, 11) is 0. The van der Waals surface area contributed by atoms with E-state index >= 15 is 0 Å². The monoisotopic (exact) mass is 364 g/mol.